The van der Waals surface area contributed by atoms with E-state index in [1.165, 1.54) is 65.4 Å². The van der Waals surface area contributed by atoms with Crippen LogP contribution in [0.25, 0.3) is 17.1 Å². The Morgan fingerprint density at radius 1 is 1.08 bits per heavy atom. The minimum absolute atomic E-state index is 1.07. The van der Waals surface area contributed by atoms with Crippen molar-refractivity contribution in [2.45, 2.75) is 58.9 Å². The van der Waals surface area contributed by atoms with Crippen LogP contribution < -0.4 is 0 Å². The number of aryl methyl sites for hydroxylation is 1. The Labute approximate surface area is 151 Å². The van der Waals surface area contributed by atoms with Crippen LogP contribution in [0.2, 0.25) is 0 Å². The largest absolute Gasteiger partial charge is 0.320 e. The van der Waals surface area contributed by atoms with Gasteiger partial charge >= 0.3 is 0 Å². The fourth-order valence-corrected chi connectivity index (χ4v) is 4.50. The van der Waals surface area contributed by atoms with Gasteiger partial charge in [-0.1, -0.05) is 29.7 Å². The highest BCUT2D eigenvalue weighted by molar-refractivity contribution is 5.88. The lowest BCUT2D eigenvalue weighted by Crippen LogP contribution is -2.26. The monoisotopic (exact) mass is 334 g/mol. The first-order chi connectivity index (χ1) is 12.1. The quantitative estimate of drug-likeness (QED) is 0.685. The van der Waals surface area contributed by atoms with Gasteiger partial charge in [0.2, 0.25) is 0 Å². The summed E-state index contributed by atoms with van der Waals surface area (Å²) in [5, 5.41) is 1.44. The number of rotatable bonds is 2. The molecule has 0 atom stereocenters. The fraction of sp³-hybridized carbons (Fsp3) is 0.478. The van der Waals surface area contributed by atoms with Crippen LogP contribution >= 0.6 is 0 Å². The maximum absolute atomic E-state index is 2.48. The first-order valence-corrected chi connectivity index (χ1v) is 9.80. The molecule has 1 saturated carbocycles. The van der Waals surface area contributed by atoms with Crippen molar-refractivity contribution >= 4 is 17.1 Å². The van der Waals surface area contributed by atoms with Gasteiger partial charge < -0.3 is 9.47 Å². The van der Waals surface area contributed by atoms with Gasteiger partial charge in [-0.3, -0.25) is 0 Å². The molecule has 0 bridgehead atoms. The molecule has 1 aromatic carbocycles. The number of hydrogen-bond donors (Lipinski definition) is 0. The van der Waals surface area contributed by atoms with E-state index in [9.17, 15) is 0 Å². The van der Waals surface area contributed by atoms with E-state index in [0.29, 0.717) is 0 Å². The Hall–Kier alpha value is -1.80. The van der Waals surface area contributed by atoms with Gasteiger partial charge in [-0.2, -0.15) is 0 Å². The van der Waals surface area contributed by atoms with Gasteiger partial charge in [-0.15, -0.1) is 0 Å². The van der Waals surface area contributed by atoms with Crippen molar-refractivity contribution in [3.8, 4) is 0 Å². The summed E-state index contributed by atoms with van der Waals surface area (Å²) in [5.41, 5.74) is 8.79. The molecule has 0 spiro atoms. The van der Waals surface area contributed by atoms with Gasteiger partial charge in [-0.25, -0.2) is 0 Å². The van der Waals surface area contributed by atoms with Crippen LogP contribution in [-0.2, 0) is 13.0 Å². The summed E-state index contributed by atoms with van der Waals surface area (Å²) in [7, 11) is 2.23. The van der Waals surface area contributed by atoms with Gasteiger partial charge in [0.25, 0.3) is 0 Å². The topological polar surface area (TPSA) is 8.17 Å². The number of nitrogens with zero attached hydrogens (tertiary/aromatic N) is 2. The van der Waals surface area contributed by atoms with Crippen molar-refractivity contribution in [1.29, 1.82) is 0 Å². The van der Waals surface area contributed by atoms with Gasteiger partial charge in [0.05, 0.1) is 5.52 Å². The van der Waals surface area contributed by atoms with Crippen molar-refractivity contribution < 1.29 is 0 Å². The summed E-state index contributed by atoms with van der Waals surface area (Å²) in [5.74, 6) is 0. The van der Waals surface area contributed by atoms with Gasteiger partial charge in [-0.05, 0) is 69.8 Å². The molecule has 0 unspecified atom stereocenters. The minimum Gasteiger partial charge on any atom is -0.320 e. The van der Waals surface area contributed by atoms with E-state index >= 15 is 0 Å². The number of likely N-dealkylation sites (N-methyl/N-ethyl adjacent to an activating group) is 1. The third-order valence-electron chi connectivity index (χ3n) is 5.79. The molecule has 0 saturated heterocycles. The van der Waals surface area contributed by atoms with Gasteiger partial charge in [0.1, 0.15) is 0 Å². The molecular weight excluding hydrogens is 304 g/mol. The molecule has 1 fully saturated rings. The molecule has 2 heteroatoms. The van der Waals surface area contributed by atoms with Crippen LogP contribution in [0.3, 0.4) is 0 Å². The Bertz CT molecular complexity index is 843. The van der Waals surface area contributed by atoms with Crippen molar-refractivity contribution in [3.05, 3.63) is 52.2 Å². The van der Waals surface area contributed by atoms with E-state index < -0.39 is 0 Å². The maximum Gasteiger partial charge on any atom is 0.0529 e. The van der Waals surface area contributed by atoms with Crippen LogP contribution in [0.15, 0.2) is 35.4 Å². The van der Waals surface area contributed by atoms with Crippen LogP contribution in [0.5, 0.6) is 0 Å². The third-order valence-corrected chi connectivity index (χ3v) is 5.79. The van der Waals surface area contributed by atoms with Crippen molar-refractivity contribution in [2.75, 3.05) is 13.6 Å². The number of aromatic nitrogens is 1. The molecule has 1 aliphatic heterocycles. The van der Waals surface area contributed by atoms with Crippen molar-refractivity contribution in [1.82, 2.24) is 9.47 Å². The Balaban J connectivity index is 1.80. The predicted molar refractivity (Wildman–Crippen MR) is 108 cm³/mol. The zero-order valence-electron chi connectivity index (χ0n) is 15.9. The molecule has 0 amide bonds. The lowest BCUT2D eigenvalue weighted by atomic mass is 9.94. The van der Waals surface area contributed by atoms with Crippen LogP contribution in [0.4, 0.5) is 0 Å². The first-order valence-electron chi connectivity index (χ1n) is 9.80. The predicted octanol–water partition coefficient (Wildman–Crippen LogP) is 5.69. The molecule has 2 heterocycles. The van der Waals surface area contributed by atoms with E-state index in [0.717, 1.165) is 19.5 Å². The zero-order valence-corrected chi connectivity index (χ0v) is 15.9. The molecule has 0 N–H and O–H groups in total. The Kier molecular flexibility index (Phi) is 4.56. The first kappa shape index (κ1) is 16.7. The smallest absolute Gasteiger partial charge is 0.0529 e. The normalized spacial score (nSPS) is 19.3. The fourth-order valence-electron chi connectivity index (χ4n) is 4.50. The molecule has 2 aliphatic rings. The maximum atomic E-state index is 2.48. The summed E-state index contributed by atoms with van der Waals surface area (Å²) in [4.78, 5) is 2.44. The Morgan fingerprint density at radius 2 is 1.88 bits per heavy atom. The van der Waals surface area contributed by atoms with Gasteiger partial charge in [0.15, 0.2) is 0 Å². The highest BCUT2D eigenvalue weighted by atomic mass is 15.1. The second kappa shape index (κ2) is 6.84. The second-order valence-electron chi connectivity index (χ2n) is 8.04. The third kappa shape index (κ3) is 3.32. The molecule has 2 nitrogen and oxygen atoms in total. The lowest BCUT2D eigenvalue weighted by molar-refractivity contribution is 0.312. The molecule has 4 rings (SSSR count). The number of fused-ring (bicyclic) bond motifs is 3. The summed E-state index contributed by atoms with van der Waals surface area (Å²) in [6.07, 6.45) is 12.7. The average Bonchev–Trinajstić information content (AvgIpc) is 2.88. The van der Waals surface area contributed by atoms with E-state index in [4.69, 9.17) is 0 Å². The minimum atomic E-state index is 1.07. The van der Waals surface area contributed by atoms with E-state index in [1.807, 2.05) is 0 Å². The molecule has 2 aromatic rings. The second-order valence-corrected chi connectivity index (χ2v) is 8.04. The summed E-state index contributed by atoms with van der Waals surface area (Å²) in [6, 6.07) is 6.92. The standard InChI is InChI=1S/C23H30N2/c1-17-9-10-22-20(14-17)21-16-24(3)12-11-23(21)25(22)15-18(2)13-19-7-5-4-6-8-19/h9-10,13-15H,4-8,11-12,16H2,1-3H3. The molecular formula is C23H30N2. The highest BCUT2D eigenvalue weighted by Crippen LogP contribution is 2.32. The van der Waals surface area contributed by atoms with Crippen LogP contribution in [-0.4, -0.2) is 23.1 Å². The Morgan fingerprint density at radius 3 is 2.68 bits per heavy atom. The van der Waals surface area contributed by atoms with Crippen LogP contribution in [0, 0.1) is 6.92 Å². The highest BCUT2D eigenvalue weighted by Gasteiger charge is 2.21. The molecule has 25 heavy (non-hydrogen) atoms. The lowest BCUT2D eigenvalue weighted by Gasteiger charge is -2.23. The van der Waals surface area contributed by atoms with Crippen LogP contribution in [0.1, 0.15) is 55.8 Å². The average molecular weight is 335 g/mol. The zero-order chi connectivity index (χ0) is 17.4. The van der Waals surface area contributed by atoms with E-state index in [1.54, 1.807) is 5.57 Å². The van der Waals surface area contributed by atoms with Gasteiger partial charge in [0, 0.05) is 36.8 Å². The van der Waals surface area contributed by atoms with Crippen molar-refractivity contribution in [2.24, 2.45) is 0 Å². The number of benzene rings is 1. The van der Waals surface area contributed by atoms with Crippen molar-refractivity contribution in [3.63, 3.8) is 0 Å². The molecule has 132 valence electrons. The summed E-state index contributed by atoms with van der Waals surface area (Å²) >= 11 is 0. The summed E-state index contributed by atoms with van der Waals surface area (Å²) < 4.78 is 2.48. The molecule has 0 radical (unpaired) electrons. The molecule has 1 aromatic heterocycles. The summed E-state index contributed by atoms with van der Waals surface area (Å²) in [6.45, 7) is 6.68. The number of hydrogen-bond acceptors (Lipinski definition) is 1. The van der Waals surface area contributed by atoms with E-state index in [-0.39, 0.29) is 0 Å². The molecule has 1 aliphatic carbocycles. The SMILES string of the molecule is CC(=Cn1c2c(c3cc(C)ccc31)CN(C)CC2)C=C1CCCCC1. The number of allylic oxidation sites excluding steroid dienone is 3. The van der Waals surface area contributed by atoms with E-state index in [2.05, 4.69) is 60.8 Å².